The van der Waals surface area contributed by atoms with E-state index in [4.69, 9.17) is 3.69 Å². The van der Waals surface area contributed by atoms with Crippen LogP contribution in [-0.2, 0) is 30.3 Å². The van der Waals surface area contributed by atoms with Crippen molar-refractivity contribution >= 4 is 0 Å². The molecule has 0 radical (unpaired) electrons. The Kier molecular flexibility index (Phi) is 4.50. The van der Waals surface area contributed by atoms with Gasteiger partial charge in [-0.3, -0.25) is 0 Å². The van der Waals surface area contributed by atoms with E-state index in [0.29, 0.717) is 0 Å². The Labute approximate surface area is 54.4 Å². The van der Waals surface area contributed by atoms with Crippen LogP contribution in [-0.4, -0.2) is 9.79 Å². The van der Waals surface area contributed by atoms with Gasteiger partial charge in [0.1, 0.15) is 0 Å². The van der Waals surface area contributed by atoms with Gasteiger partial charge in [0.05, 0.1) is 0 Å². The van der Waals surface area contributed by atoms with Crippen LogP contribution in [0.3, 0.4) is 0 Å². The number of hydrogen-bond donors (Lipinski definition) is 1. The van der Waals surface area contributed by atoms with Crippen molar-refractivity contribution in [2.45, 2.75) is 20.0 Å². The van der Waals surface area contributed by atoms with Gasteiger partial charge in [-0.05, 0) is 0 Å². The molecular formula is C3H8O4Ti. The molecule has 0 aliphatic carbocycles. The van der Waals surface area contributed by atoms with Crippen LogP contribution >= 0.6 is 0 Å². The molecule has 48 valence electrons. The molecule has 0 aliphatic rings. The van der Waals surface area contributed by atoms with Crippen molar-refractivity contribution in [2.75, 3.05) is 0 Å². The fraction of sp³-hybridized carbons (Fsp3) is 1.00. The summed E-state index contributed by atoms with van der Waals surface area (Å²) in [5, 5.41) is 0. The molecule has 0 spiro atoms. The summed E-state index contributed by atoms with van der Waals surface area (Å²) in [5.74, 6) is 0. The molecule has 0 heterocycles. The van der Waals surface area contributed by atoms with Gasteiger partial charge in [-0.1, -0.05) is 0 Å². The first-order chi connectivity index (χ1) is 3.63. The van der Waals surface area contributed by atoms with E-state index in [2.05, 4.69) is 8.36 Å². The van der Waals surface area contributed by atoms with E-state index < -0.39 is 18.6 Å². The van der Waals surface area contributed by atoms with E-state index in [0.717, 1.165) is 0 Å². The van der Waals surface area contributed by atoms with Gasteiger partial charge < -0.3 is 0 Å². The van der Waals surface area contributed by atoms with Gasteiger partial charge in [0, 0.05) is 0 Å². The van der Waals surface area contributed by atoms with E-state index in [1.165, 1.54) is 0 Å². The summed E-state index contributed by atoms with van der Waals surface area (Å²) in [6, 6.07) is 0. The molecule has 1 N–H and O–H groups in total. The Morgan fingerprint density at radius 3 is 2.25 bits per heavy atom. The summed E-state index contributed by atoms with van der Waals surface area (Å²) in [4.78, 5) is 4.31. The Morgan fingerprint density at radius 1 is 1.62 bits per heavy atom. The van der Waals surface area contributed by atoms with E-state index in [1.54, 1.807) is 13.8 Å². The molecule has 0 unspecified atom stereocenters. The minimum absolute atomic E-state index is 0.154. The van der Waals surface area contributed by atoms with Crippen LogP contribution in [0.15, 0.2) is 0 Å². The topological polar surface area (TPSA) is 55.8 Å². The Balaban J connectivity index is 3.05. The molecular weight excluding hydrogens is 148 g/mol. The average molecular weight is 156 g/mol. The van der Waals surface area contributed by atoms with Gasteiger partial charge in [-0.15, -0.1) is 0 Å². The van der Waals surface area contributed by atoms with Crippen molar-refractivity contribution < 1.29 is 34.0 Å². The molecule has 0 atom stereocenters. The zero-order valence-corrected chi connectivity index (χ0v) is 6.31. The van der Waals surface area contributed by atoms with Crippen molar-refractivity contribution in [3.63, 3.8) is 0 Å². The van der Waals surface area contributed by atoms with Gasteiger partial charge in [0.2, 0.25) is 0 Å². The SMILES string of the molecule is CC(C)O[O][Ti](=[O])[OH]. The molecule has 0 aromatic carbocycles. The first-order valence-electron chi connectivity index (χ1n) is 2.19. The molecule has 0 bridgehead atoms. The monoisotopic (exact) mass is 156 g/mol. The third-order valence-corrected chi connectivity index (χ3v) is 0.685. The first kappa shape index (κ1) is 8.39. The molecule has 0 aliphatic heterocycles. The Bertz CT molecular complexity index is 81.4. The van der Waals surface area contributed by atoms with E-state index in [9.17, 15) is 3.32 Å². The van der Waals surface area contributed by atoms with E-state index >= 15 is 0 Å². The molecule has 8 heavy (non-hydrogen) atoms. The Morgan fingerprint density at radius 2 is 2.12 bits per heavy atom. The van der Waals surface area contributed by atoms with Gasteiger partial charge >= 0.3 is 53.9 Å². The molecule has 0 saturated heterocycles. The van der Waals surface area contributed by atoms with Gasteiger partial charge in [-0.2, -0.15) is 0 Å². The van der Waals surface area contributed by atoms with Crippen molar-refractivity contribution in [1.82, 2.24) is 0 Å². The van der Waals surface area contributed by atoms with Crippen molar-refractivity contribution in [3.05, 3.63) is 0 Å². The second-order valence-corrected chi connectivity index (χ2v) is 2.58. The fourth-order valence-corrected chi connectivity index (χ4v) is 0.566. The quantitative estimate of drug-likeness (QED) is 0.358. The zero-order chi connectivity index (χ0) is 6.57. The maximum atomic E-state index is 9.81. The maximum absolute atomic E-state index is 9.81. The van der Waals surface area contributed by atoms with Gasteiger partial charge in [0.15, 0.2) is 0 Å². The third-order valence-electron chi connectivity index (χ3n) is 0.312. The number of rotatable bonds is 3. The summed E-state index contributed by atoms with van der Waals surface area (Å²) >= 11 is -3.42. The molecule has 0 aromatic rings. The van der Waals surface area contributed by atoms with Crippen molar-refractivity contribution in [1.29, 1.82) is 0 Å². The summed E-state index contributed by atoms with van der Waals surface area (Å²) in [7, 11) is 0. The predicted octanol–water partition coefficient (Wildman–Crippen LogP) is 0.129. The number of hydrogen-bond acceptors (Lipinski definition) is 3. The average Bonchev–Trinajstić information content (AvgIpc) is 1.61. The molecule has 0 amide bonds. The van der Waals surface area contributed by atoms with Gasteiger partial charge in [-0.25, -0.2) is 0 Å². The van der Waals surface area contributed by atoms with Crippen LogP contribution in [0, 0.1) is 0 Å². The van der Waals surface area contributed by atoms with Crippen LogP contribution in [0.4, 0.5) is 0 Å². The first-order valence-corrected chi connectivity index (χ1v) is 4.16. The zero-order valence-electron chi connectivity index (χ0n) is 4.75. The van der Waals surface area contributed by atoms with Gasteiger partial charge in [0.25, 0.3) is 0 Å². The summed E-state index contributed by atoms with van der Waals surface area (Å²) < 4.78 is 21.8. The van der Waals surface area contributed by atoms with Crippen molar-refractivity contribution in [2.24, 2.45) is 0 Å². The van der Waals surface area contributed by atoms with E-state index in [1.807, 2.05) is 0 Å². The normalized spacial score (nSPS) is 10.0. The standard InChI is InChI=1S/C3H8O2.H2O.O.Ti/c1-3(2)5-4;;;/h3-4H,1-2H3;1H2;;/q;;;+2/p-2. The minimum atomic E-state index is -3.42. The molecule has 0 saturated carbocycles. The second-order valence-electron chi connectivity index (χ2n) is 1.49. The fourth-order valence-electron chi connectivity index (χ4n) is 0.137. The summed E-state index contributed by atoms with van der Waals surface area (Å²) in [6.07, 6.45) is -0.154. The Hall–Kier alpha value is 0.394. The summed E-state index contributed by atoms with van der Waals surface area (Å²) in [6.45, 7) is 3.42. The second kappa shape index (κ2) is 4.29. The molecule has 0 rings (SSSR count). The van der Waals surface area contributed by atoms with Crippen LogP contribution in [0.5, 0.6) is 0 Å². The molecule has 5 heteroatoms. The summed E-state index contributed by atoms with van der Waals surface area (Å²) in [5.41, 5.74) is 0. The van der Waals surface area contributed by atoms with Crippen LogP contribution in [0.2, 0.25) is 0 Å². The third kappa shape index (κ3) is 6.39. The predicted molar refractivity (Wildman–Crippen MR) is 20.2 cm³/mol. The van der Waals surface area contributed by atoms with E-state index in [-0.39, 0.29) is 6.10 Å². The molecule has 0 fully saturated rings. The molecule has 0 aromatic heterocycles. The van der Waals surface area contributed by atoms with Crippen molar-refractivity contribution in [3.8, 4) is 0 Å². The molecule has 4 nitrogen and oxygen atoms in total. The van der Waals surface area contributed by atoms with Crippen LogP contribution < -0.4 is 0 Å². The van der Waals surface area contributed by atoms with Crippen LogP contribution in [0.25, 0.3) is 0 Å². The van der Waals surface area contributed by atoms with Crippen LogP contribution in [0.1, 0.15) is 13.8 Å².